The molecule has 33 heavy (non-hydrogen) atoms. The molecule has 5 rings (SSSR count). The zero-order valence-corrected chi connectivity index (χ0v) is 19.6. The molecule has 0 unspecified atom stereocenters. The van der Waals surface area contributed by atoms with Gasteiger partial charge in [0, 0.05) is 21.2 Å². The van der Waals surface area contributed by atoms with Gasteiger partial charge >= 0.3 is 0 Å². The van der Waals surface area contributed by atoms with Crippen LogP contribution in [0, 0.1) is 0 Å². The topological polar surface area (TPSA) is 106 Å². The molecule has 9 heteroatoms. The first-order valence-electron chi connectivity index (χ1n) is 10.0. The number of amides is 1. The van der Waals surface area contributed by atoms with Crippen molar-refractivity contribution in [3.05, 3.63) is 88.4 Å². The van der Waals surface area contributed by atoms with Crippen molar-refractivity contribution in [2.75, 3.05) is 5.73 Å². The third-order valence-electron chi connectivity index (χ3n) is 5.28. The predicted molar refractivity (Wildman–Crippen MR) is 133 cm³/mol. The number of carbonyl (C=O) groups excluding carboxylic acids is 1. The van der Waals surface area contributed by atoms with Crippen molar-refractivity contribution in [2.45, 2.75) is 6.54 Å². The van der Waals surface area contributed by atoms with Crippen LogP contribution < -0.4 is 11.2 Å². The number of hydrogen-bond acceptors (Lipinski definition) is 6. The maximum absolute atomic E-state index is 11.6. The van der Waals surface area contributed by atoms with Gasteiger partial charge in [0.2, 0.25) is 0 Å². The highest BCUT2D eigenvalue weighted by atomic mass is 79.9. The Labute approximate surface area is 201 Å². The SMILES string of the molecule is Nc1nc2ccc(-c3cc(-c4ccccc4Br)n(Cc4ccc(C(=O)NO)cc4)n3)cc2s1. The van der Waals surface area contributed by atoms with E-state index in [1.807, 2.05) is 53.2 Å². The fraction of sp³-hybridized carbons (Fsp3) is 0.0417. The first-order valence-corrected chi connectivity index (χ1v) is 11.7. The van der Waals surface area contributed by atoms with Crippen molar-refractivity contribution in [3.63, 3.8) is 0 Å². The van der Waals surface area contributed by atoms with Crippen LogP contribution in [-0.2, 0) is 6.54 Å². The number of rotatable bonds is 5. The molecule has 0 bridgehead atoms. The van der Waals surface area contributed by atoms with Crippen LogP contribution in [0.3, 0.4) is 0 Å². The second kappa shape index (κ2) is 8.78. The molecule has 0 aliphatic rings. The number of hydroxylamine groups is 1. The molecule has 1 amide bonds. The average molecular weight is 520 g/mol. The molecule has 0 atom stereocenters. The molecule has 4 N–H and O–H groups in total. The standard InChI is InChI=1S/C24H18BrN5O2S/c25-18-4-2-1-3-17(18)21-12-20(16-9-10-19-22(11-16)33-24(26)27-19)28-30(21)13-14-5-7-15(8-6-14)23(31)29-32/h1-12,32H,13H2,(H2,26,27)(H,29,31). The van der Waals surface area contributed by atoms with Gasteiger partial charge in [-0.1, -0.05) is 63.7 Å². The summed E-state index contributed by atoms with van der Waals surface area (Å²) in [5, 5.41) is 14.3. The number of nitrogens with one attached hydrogen (secondary N) is 1. The van der Waals surface area contributed by atoms with Gasteiger partial charge in [-0.15, -0.1) is 0 Å². The monoisotopic (exact) mass is 519 g/mol. The van der Waals surface area contributed by atoms with Gasteiger partial charge in [0.05, 0.1) is 28.1 Å². The van der Waals surface area contributed by atoms with Crippen molar-refractivity contribution < 1.29 is 10.0 Å². The van der Waals surface area contributed by atoms with Crippen molar-refractivity contribution in [1.82, 2.24) is 20.2 Å². The number of nitrogens with two attached hydrogens (primary N) is 1. The lowest BCUT2D eigenvalue weighted by atomic mass is 10.1. The third kappa shape index (κ3) is 4.25. The molecule has 0 aliphatic carbocycles. The number of halogens is 1. The Kier molecular flexibility index (Phi) is 5.67. The van der Waals surface area contributed by atoms with E-state index in [9.17, 15) is 4.79 Å². The number of hydrogen-bond donors (Lipinski definition) is 3. The molecular formula is C24H18BrN5O2S. The summed E-state index contributed by atoms with van der Waals surface area (Å²) in [6.45, 7) is 0.507. The average Bonchev–Trinajstić information content (AvgIpc) is 3.41. The minimum Gasteiger partial charge on any atom is -0.375 e. The van der Waals surface area contributed by atoms with E-state index in [0.29, 0.717) is 17.2 Å². The van der Waals surface area contributed by atoms with E-state index < -0.39 is 5.91 Å². The number of anilines is 1. The summed E-state index contributed by atoms with van der Waals surface area (Å²) in [6.07, 6.45) is 0. The first-order chi connectivity index (χ1) is 16.0. The van der Waals surface area contributed by atoms with Crippen molar-refractivity contribution in [1.29, 1.82) is 0 Å². The van der Waals surface area contributed by atoms with Gasteiger partial charge in [-0.3, -0.25) is 14.7 Å². The number of benzene rings is 3. The Bertz CT molecular complexity index is 1480. The summed E-state index contributed by atoms with van der Waals surface area (Å²) < 4.78 is 3.93. The highest BCUT2D eigenvalue weighted by Crippen LogP contribution is 2.34. The van der Waals surface area contributed by atoms with E-state index in [2.05, 4.69) is 33.0 Å². The summed E-state index contributed by atoms with van der Waals surface area (Å²) in [4.78, 5) is 16.0. The normalized spacial score (nSPS) is 11.1. The molecule has 2 heterocycles. The summed E-state index contributed by atoms with van der Waals surface area (Å²) in [7, 11) is 0. The van der Waals surface area contributed by atoms with E-state index in [4.69, 9.17) is 16.0 Å². The number of aromatic nitrogens is 3. The zero-order valence-electron chi connectivity index (χ0n) is 17.2. The molecule has 0 radical (unpaired) electrons. The molecule has 0 fully saturated rings. The lowest BCUT2D eigenvalue weighted by molar-refractivity contribution is 0.0706. The number of thiazole rings is 1. The molecular weight excluding hydrogens is 502 g/mol. The van der Waals surface area contributed by atoms with Crippen molar-refractivity contribution in [3.8, 4) is 22.5 Å². The molecule has 0 saturated heterocycles. The van der Waals surface area contributed by atoms with E-state index in [0.717, 1.165) is 42.8 Å². The van der Waals surface area contributed by atoms with Crippen LogP contribution in [0.15, 0.2) is 77.3 Å². The van der Waals surface area contributed by atoms with Gasteiger partial charge in [0.25, 0.3) is 5.91 Å². The van der Waals surface area contributed by atoms with Gasteiger partial charge in [-0.05, 0) is 42.0 Å². The number of carbonyl (C=O) groups is 1. The van der Waals surface area contributed by atoms with Gasteiger partial charge < -0.3 is 5.73 Å². The predicted octanol–water partition coefficient (Wildman–Crippen LogP) is 5.34. The van der Waals surface area contributed by atoms with Crippen molar-refractivity contribution >= 4 is 48.5 Å². The summed E-state index contributed by atoms with van der Waals surface area (Å²) in [5.74, 6) is -0.545. The number of nitrogen functional groups attached to an aromatic ring is 1. The zero-order chi connectivity index (χ0) is 22.9. The smallest absolute Gasteiger partial charge is 0.274 e. The maximum Gasteiger partial charge on any atom is 0.274 e. The third-order valence-corrected chi connectivity index (χ3v) is 6.82. The largest absolute Gasteiger partial charge is 0.375 e. The molecule has 0 aliphatic heterocycles. The number of fused-ring (bicyclic) bond motifs is 1. The fourth-order valence-electron chi connectivity index (χ4n) is 3.66. The Morgan fingerprint density at radius 2 is 1.88 bits per heavy atom. The van der Waals surface area contributed by atoms with Crippen molar-refractivity contribution in [2.24, 2.45) is 0 Å². The minimum absolute atomic E-state index is 0.380. The fourth-order valence-corrected chi connectivity index (χ4v) is 4.93. The van der Waals surface area contributed by atoms with Crippen LogP contribution >= 0.6 is 27.3 Å². The lowest BCUT2D eigenvalue weighted by Gasteiger charge is -2.10. The second-order valence-corrected chi connectivity index (χ2v) is 9.34. The van der Waals surface area contributed by atoms with Crippen LogP contribution in [0.4, 0.5) is 5.13 Å². The summed E-state index contributed by atoms with van der Waals surface area (Å²) in [5.41, 5.74) is 13.5. The van der Waals surface area contributed by atoms with Gasteiger partial charge in [-0.25, -0.2) is 10.5 Å². The molecule has 3 aromatic carbocycles. The maximum atomic E-state index is 11.6. The van der Waals surface area contributed by atoms with Crippen LogP contribution in [0.5, 0.6) is 0 Å². The summed E-state index contributed by atoms with van der Waals surface area (Å²) in [6, 6.07) is 23.1. The second-order valence-electron chi connectivity index (χ2n) is 7.42. The molecule has 5 aromatic rings. The minimum atomic E-state index is -0.545. The molecule has 7 nitrogen and oxygen atoms in total. The van der Waals surface area contributed by atoms with Crippen LogP contribution in [-0.4, -0.2) is 25.9 Å². The van der Waals surface area contributed by atoms with E-state index in [1.165, 1.54) is 11.3 Å². The Balaban J connectivity index is 1.57. The Morgan fingerprint density at radius 3 is 2.64 bits per heavy atom. The number of nitrogens with zero attached hydrogens (tertiary/aromatic N) is 3. The molecule has 2 aromatic heterocycles. The van der Waals surface area contributed by atoms with Gasteiger partial charge in [0.15, 0.2) is 5.13 Å². The Morgan fingerprint density at radius 1 is 1.09 bits per heavy atom. The van der Waals surface area contributed by atoms with E-state index in [1.54, 1.807) is 17.6 Å². The lowest BCUT2D eigenvalue weighted by Crippen LogP contribution is -2.18. The van der Waals surface area contributed by atoms with Crippen LogP contribution in [0.1, 0.15) is 15.9 Å². The highest BCUT2D eigenvalue weighted by molar-refractivity contribution is 9.10. The molecule has 164 valence electrons. The first kappa shape index (κ1) is 21.3. The quantitative estimate of drug-likeness (QED) is 0.214. The highest BCUT2D eigenvalue weighted by Gasteiger charge is 2.15. The van der Waals surface area contributed by atoms with Gasteiger partial charge in [-0.2, -0.15) is 5.10 Å². The summed E-state index contributed by atoms with van der Waals surface area (Å²) >= 11 is 5.11. The molecule has 0 saturated carbocycles. The van der Waals surface area contributed by atoms with Crippen LogP contribution in [0.2, 0.25) is 0 Å². The van der Waals surface area contributed by atoms with E-state index >= 15 is 0 Å². The van der Waals surface area contributed by atoms with E-state index in [-0.39, 0.29) is 0 Å². The van der Waals surface area contributed by atoms with Gasteiger partial charge in [0.1, 0.15) is 0 Å². The Hall–Kier alpha value is -3.53. The molecule has 0 spiro atoms. The van der Waals surface area contributed by atoms with Crippen LogP contribution in [0.25, 0.3) is 32.7 Å².